The molecule has 20 heavy (non-hydrogen) atoms. The van der Waals surface area contributed by atoms with Gasteiger partial charge in [0.15, 0.2) is 0 Å². The van der Waals surface area contributed by atoms with Crippen molar-refractivity contribution in [3.8, 4) is 5.75 Å². The lowest BCUT2D eigenvalue weighted by Crippen LogP contribution is -2.39. The molecule has 112 valence electrons. The van der Waals surface area contributed by atoms with E-state index in [1.54, 1.807) is 6.07 Å². The minimum Gasteiger partial charge on any atom is -0.496 e. The summed E-state index contributed by atoms with van der Waals surface area (Å²) in [5.74, 6) is 0.882. The van der Waals surface area contributed by atoms with Gasteiger partial charge in [0.2, 0.25) is 10.0 Å². The normalized spacial score (nSPS) is 20.9. The van der Waals surface area contributed by atoms with Crippen molar-refractivity contribution in [3.63, 3.8) is 0 Å². The third kappa shape index (κ3) is 2.97. The SMILES string of the molecule is COc1ccc(S(=O)(=O)N2CCCC(C)C2)cc1CO. The Morgan fingerprint density at radius 3 is 2.80 bits per heavy atom. The van der Waals surface area contributed by atoms with E-state index < -0.39 is 10.0 Å². The molecule has 5 nitrogen and oxygen atoms in total. The average Bonchev–Trinajstić information content (AvgIpc) is 2.46. The highest BCUT2D eigenvalue weighted by atomic mass is 32.2. The Bertz CT molecular complexity index is 571. The van der Waals surface area contributed by atoms with Gasteiger partial charge in [0.05, 0.1) is 18.6 Å². The van der Waals surface area contributed by atoms with Gasteiger partial charge in [-0.1, -0.05) is 6.92 Å². The number of rotatable bonds is 4. The first-order chi connectivity index (χ1) is 9.48. The van der Waals surface area contributed by atoms with Crippen LogP contribution in [-0.2, 0) is 16.6 Å². The van der Waals surface area contributed by atoms with Crippen LogP contribution in [0, 0.1) is 5.92 Å². The summed E-state index contributed by atoms with van der Waals surface area (Å²) in [6.45, 7) is 2.94. The first-order valence-corrected chi connectivity index (χ1v) is 8.21. The molecule has 0 aromatic heterocycles. The van der Waals surface area contributed by atoms with Crippen LogP contribution in [0.3, 0.4) is 0 Å². The maximum atomic E-state index is 12.6. The summed E-state index contributed by atoms with van der Waals surface area (Å²) in [4.78, 5) is 0.219. The molecule has 1 aliphatic rings. The highest BCUT2D eigenvalue weighted by Gasteiger charge is 2.29. The molecule has 1 unspecified atom stereocenters. The van der Waals surface area contributed by atoms with E-state index in [-0.39, 0.29) is 11.5 Å². The first-order valence-electron chi connectivity index (χ1n) is 6.77. The quantitative estimate of drug-likeness (QED) is 0.917. The summed E-state index contributed by atoms with van der Waals surface area (Å²) in [6.07, 6.45) is 1.96. The molecule has 1 saturated heterocycles. The fraction of sp³-hybridized carbons (Fsp3) is 0.571. The number of hydrogen-bond acceptors (Lipinski definition) is 4. The zero-order chi connectivity index (χ0) is 14.8. The van der Waals surface area contributed by atoms with Gasteiger partial charge in [-0.05, 0) is 37.0 Å². The fourth-order valence-corrected chi connectivity index (χ4v) is 4.20. The summed E-state index contributed by atoms with van der Waals surface area (Å²) in [7, 11) is -1.99. The second-order valence-electron chi connectivity index (χ2n) is 5.24. The predicted octanol–water partition coefficient (Wildman–Crippen LogP) is 1.61. The van der Waals surface area contributed by atoms with Crippen LogP contribution in [0.4, 0.5) is 0 Å². The molecule has 0 radical (unpaired) electrons. The summed E-state index contributed by atoms with van der Waals surface area (Å²) >= 11 is 0. The molecular formula is C14H21NO4S. The Balaban J connectivity index is 2.34. The van der Waals surface area contributed by atoms with E-state index in [0.717, 1.165) is 12.8 Å². The minimum absolute atomic E-state index is 0.219. The van der Waals surface area contributed by atoms with E-state index in [4.69, 9.17) is 4.74 Å². The Morgan fingerprint density at radius 1 is 1.45 bits per heavy atom. The highest BCUT2D eigenvalue weighted by molar-refractivity contribution is 7.89. The van der Waals surface area contributed by atoms with Crippen LogP contribution >= 0.6 is 0 Å². The van der Waals surface area contributed by atoms with Gasteiger partial charge < -0.3 is 9.84 Å². The standard InChI is InChI=1S/C14H21NO4S/c1-11-4-3-7-15(9-11)20(17,18)13-5-6-14(19-2)12(8-13)10-16/h5-6,8,11,16H,3-4,7,9-10H2,1-2H3. The van der Waals surface area contributed by atoms with Crippen LogP contribution in [0.2, 0.25) is 0 Å². The third-order valence-corrected chi connectivity index (χ3v) is 5.54. The van der Waals surface area contributed by atoms with Gasteiger partial charge in [0.25, 0.3) is 0 Å². The molecule has 1 heterocycles. The number of benzene rings is 1. The van der Waals surface area contributed by atoms with E-state index in [9.17, 15) is 13.5 Å². The molecule has 0 saturated carbocycles. The van der Waals surface area contributed by atoms with Crippen LogP contribution in [0.1, 0.15) is 25.3 Å². The van der Waals surface area contributed by atoms with Gasteiger partial charge in [0, 0.05) is 18.7 Å². The van der Waals surface area contributed by atoms with E-state index in [2.05, 4.69) is 6.92 Å². The lowest BCUT2D eigenvalue weighted by atomic mass is 10.0. The summed E-state index contributed by atoms with van der Waals surface area (Å²) in [6, 6.07) is 4.62. The van der Waals surface area contributed by atoms with Crippen molar-refractivity contribution in [2.45, 2.75) is 31.3 Å². The number of nitrogens with zero attached hydrogens (tertiary/aromatic N) is 1. The summed E-state index contributed by atoms with van der Waals surface area (Å²) < 4.78 is 31.8. The van der Waals surface area contributed by atoms with Crippen LogP contribution in [0.5, 0.6) is 5.75 Å². The number of ether oxygens (including phenoxy) is 1. The first kappa shape index (κ1) is 15.3. The number of sulfonamides is 1. The van der Waals surface area contributed by atoms with E-state index in [0.29, 0.717) is 30.3 Å². The molecule has 1 atom stereocenters. The largest absolute Gasteiger partial charge is 0.496 e. The van der Waals surface area contributed by atoms with Crippen LogP contribution < -0.4 is 4.74 Å². The van der Waals surface area contributed by atoms with Gasteiger partial charge >= 0.3 is 0 Å². The molecule has 1 aromatic rings. The van der Waals surface area contributed by atoms with Gasteiger partial charge in [-0.3, -0.25) is 0 Å². The minimum atomic E-state index is -3.49. The maximum Gasteiger partial charge on any atom is 0.243 e. The van der Waals surface area contributed by atoms with Crippen LogP contribution in [-0.4, -0.2) is 38.0 Å². The smallest absolute Gasteiger partial charge is 0.243 e. The fourth-order valence-electron chi connectivity index (χ4n) is 2.55. The van der Waals surface area contributed by atoms with Crippen molar-refractivity contribution in [2.75, 3.05) is 20.2 Å². The molecule has 1 aliphatic heterocycles. The summed E-state index contributed by atoms with van der Waals surface area (Å²) in [5.41, 5.74) is 0.485. The van der Waals surface area contributed by atoms with Gasteiger partial charge in [-0.25, -0.2) is 8.42 Å². The molecule has 1 aromatic carbocycles. The van der Waals surface area contributed by atoms with Crippen molar-refractivity contribution in [2.24, 2.45) is 5.92 Å². The zero-order valence-electron chi connectivity index (χ0n) is 11.9. The van der Waals surface area contributed by atoms with Crippen molar-refractivity contribution in [1.29, 1.82) is 0 Å². The van der Waals surface area contributed by atoms with Gasteiger partial charge in [0.1, 0.15) is 5.75 Å². The molecule has 0 amide bonds. The predicted molar refractivity (Wildman–Crippen MR) is 76.1 cm³/mol. The molecule has 0 spiro atoms. The Kier molecular flexibility index (Phi) is 4.67. The van der Waals surface area contributed by atoms with E-state index >= 15 is 0 Å². The van der Waals surface area contributed by atoms with Crippen LogP contribution in [0.15, 0.2) is 23.1 Å². The highest BCUT2D eigenvalue weighted by Crippen LogP contribution is 2.27. The van der Waals surface area contributed by atoms with Crippen molar-refractivity contribution >= 4 is 10.0 Å². The van der Waals surface area contributed by atoms with E-state index in [1.165, 1.54) is 23.5 Å². The molecule has 1 fully saturated rings. The second kappa shape index (κ2) is 6.11. The van der Waals surface area contributed by atoms with Crippen molar-refractivity contribution < 1.29 is 18.3 Å². The second-order valence-corrected chi connectivity index (χ2v) is 7.18. The van der Waals surface area contributed by atoms with Gasteiger partial charge in [-0.15, -0.1) is 0 Å². The maximum absolute atomic E-state index is 12.6. The van der Waals surface area contributed by atoms with E-state index in [1.807, 2.05) is 0 Å². The van der Waals surface area contributed by atoms with Crippen molar-refractivity contribution in [3.05, 3.63) is 23.8 Å². The van der Waals surface area contributed by atoms with Crippen molar-refractivity contribution in [1.82, 2.24) is 4.31 Å². The molecular weight excluding hydrogens is 278 g/mol. The Hall–Kier alpha value is -1.11. The Morgan fingerprint density at radius 2 is 2.20 bits per heavy atom. The summed E-state index contributed by atoms with van der Waals surface area (Å²) in [5, 5.41) is 9.30. The molecule has 6 heteroatoms. The lowest BCUT2D eigenvalue weighted by Gasteiger charge is -2.30. The molecule has 0 bridgehead atoms. The Labute approximate surface area is 120 Å². The zero-order valence-corrected chi connectivity index (χ0v) is 12.7. The molecule has 2 rings (SSSR count). The number of methoxy groups -OCH3 is 1. The topological polar surface area (TPSA) is 66.8 Å². The number of piperidine rings is 1. The van der Waals surface area contributed by atoms with Gasteiger partial charge in [-0.2, -0.15) is 4.31 Å². The number of aliphatic hydroxyl groups excluding tert-OH is 1. The number of aliphatic hydroxyl groups is 1. The molecule has 1 N–H and O–H groups in total. The third-order valence-electron chi connectivity index (χ3n) is 3.68. The lowest BCUT2D eigenvalue weighted by molar-refractivity contribution is 0.272. The van der Waals surface area contributed by atoms with Crippen LogP contribution in [0.25, 0.3) is 0 Å². The number of hydrogen-bond donors (Lipinski definition) is 1. The molecule has 0 aliphatic carbocycles. The average molecular weight is 299 g/mol. The monoisotopic (exact) mass is 299 g/mol.